The molecule has 1 aromatic rings. The van der Waals surface area contributed by atoms with E-state index in [2.05, 4.69) is 15.7 Å². The summed E-state index contributed by atoms with van der Waals surface area (Å²) >= 11 is 0. The van der Waals surface area contributed by atoms with Crippen molar-refractivity contribution in [3.63, 3.8) is 0 Å². The van der Waals surface area contributed by atoms with Gasteiger partial charge in [0.2, 0.25) is 0 Å². The first-order chi connectivity index (χ1) is 9.40. The van der Waals surface area contributed by atoms with Crippen LogP contribution in [0.2, 0.25) is 0 Å². The fraction of sp³-hybridized carbons (Fsp3) is 0.455. The molecule has 0 aliphatic heterocycles. The van der Waals surface area contributed by atoms with Gasteiger partial charge in [0, 0.05) is 31.9 Å². The highest BCUT2D eigenvalue weighted by molar-refractivity contribution is 5.86. The van der Waals surface area contributed by atoms with Crippen LogP contribution in [0.5, 0.6) is 0 Å². The standard InChI is InChI=1S/C11H16N4O5/c1-15-7(3-5-13-15)2-4-12-11(20)14-8(10(18)19)6-9(16)17/h3,5,8H,2,4,6H2,1H3,(H,16,17)(H,18,19)(H2,12,14,20)/t8-/m1/s1. The van der Waals surface area contributed by atoms with E-state index in [1.807, 2.05) is 0 Å². The molecule has 0 aliphatic rings. The molecule has 9 nitrogen and oxygen atoms in total. The molecule has 0 aromatic carbocycles. The number of amides is 2. The Labute approximate surface area is 114 Å². The van der Waals surface area contributed by atoms with Crippen molar-refractivity contribution >= 4 is 18.0 Å². The summed E-state index contributed by atoms with van der Waals surface area (Å²) < 4.78 is 1.66. The minimum Gasteiger partial charge on any atom is -0.481 e. The molecule has 0 spiro atoms. The monoisotopic (exact) mass is 284 g/mol. The molecule has 0 saturated heterocycles. The molecule has 2 amide bonds. The van der Waals surface area contributed by atoms with Crippen LogP contribution in [0.25, 0.3) is 0 Å². The van der Waals surface area contributed by atoms with E-state index in [0.717, 1.165) is 5.69 Å². The number of hydrogen-bond acceptors (Lipinski definition) is 4. The second-order valence-electron chi connectivity index (χ2n) is 4.09. The molecule has 1 atom stereocenters. The fourth-order valence-electron chi connectivity index (χ4n) is 1.53. The predicted octanol–water partition coefficient (Wildman–Crippen LogP) is -0.810. The summed E-state index contributed by atoms with van der Waals surface area (Å²) in [5.74, 6) is -2.69. The van der Waals surface area contributed by atoms with Gasteiger partial charge in [0.25, 0.3) is 0 Å². The first-order valence-corrected chi connectivity index (χ1v) is 5.86. The Balaban J connectivity index is 2.36. The normalized spacial score (nSPS) is 11.7. The van der Waals surface area contributed by atoms with Gasteiger partial charge in [-0.25, -0.2) is 9.59 Å². The van der Waals surface area contributed by atoms with Crippen LogP contribution in [0, 0.1) is 0 Å². The first-order valence-electron chi connectivity index (χ1n) is 5.86. The lowest BCUT2D eigenvalue weighted by Gasteiger charge is -2.13. The maximum atomic E-state index is 11.5. The third-order valence-corrected chi connectivity index (χ3v) is 2.57. The van der Waals surface area contributed by atoms with Crippen LogP contribution < -0.4 is 10.6 Å². The Morgan fingerprint density at radius 2 is 2.10 bits per heavy atom. The van der Waals surface area contributed by atoms with E-state index in [1.165, 1.54) is 0 Å². The van der Waals surface area contributed by atoms with Crippen LogP contribution in [0.3, 0.4) is 0 Å². The molecule has 4 N–H and O–H groups in total. The zero-order valence-electron chi connectivity index (χ0n) is 10.9. The highest BCUT2D eigenvalue weighted by Crippen LogP contribution is 1.96. The number of urea groups is 1. The SMILES string of the molecule is Cn1nccc1CCNC(=O)N[C@H](CC(=O)O)C(=O)O. The number of hydrogen-bond donors (Lipinski definition) is 4. The summed E-state index contributed by atoms with van der Waals surface area (Å²) in [7, 11) is 1.77. The molecular weight excluding hydrogens is 268 g/mol. The number of rotatable bonds is 7. The minimum absolute atomic E-state index is 0.283. The first kappa shape index (κ1) is 15.5. The minimum atomic E-state index is -1.45. The number of carboxylic acid groups (broad SMARTS) is 2. The number of nitrogens with zero attached hydrogens (tertiary/aromatic N) is 2. The van der Waals surface area contributed by atoms with E-state index in [-0.39, 0.29) is 6.54 Å². The lowest BCUT2D eigenvalue weighted by molar-refractivity contribution is -0.145. The number of carboxylic acids is 2. The van der Waals surface area contributed by atoms with Gasteiger partial charge in [-0.1, -0.05) is 0 Å². The van der Waals surface area contributed by atoms with Crippen molar-refractivity contribution in [3.8, 4) is 0 Å². The van der Waals surface area contributed by atoms with Gasteiger partial charge >= 0.3 is 18.0 Å². The lowest BCUT2D eigenvalue weighted by Crippen LogP contribution is -2.47. The van der Waals surface area contributed by atoms with Crippen molar-refractivity contribution in [2.45, 2.75) is 18.9 Å². The number of aliphatic carboxylic acids is 2. The molecule has 1 rings (SSSR count). The summed E-state index contributed by atoms with van der Waals surface area (Å²) in [6.07, 6.45) is 1.48. The van der Waals surface area contributed by atoms with Crippen molar-refractivity contribution in [1.82, 2.24) is 20.4 Å². The van der Waals surface area contributed by atoms with E-state index in [0.29, 0.717) is 6.42 Å². The van der Waals surface area contributed by atoms with E-state index < -0.39 is 30.4 Å². The molecule has 1 aromatic heterocycles. The number of carbonyl (C=O) groups is 3. The smallest absolute Gasteiger partial charge is 0.326 e. The number of carbonyl (C=O) groups excluding carboxylic acids is 1. The fourth-order valence-corrected chi connectivity index (χ4v) is 1.53. The Morgan fingerprint density at radius 1 is 1.40 bits per heavy atom. The van der Waals surface area contributed by atoms with Gasteiger partial charge in [-0.2, -0.15) is 5.10 Å². The van der Waals surface area contributed by atoms with Gasteiger partial charge in [-0.05, 0) is 6.07 Å². The molecule has 0 saturated carbocycles. The van der Waals surface area contributed by atoms with Crippen molar-refractivity contribution in [1.29, 1.82) is 0 Å². The van der Waals surface area contributed by atoms with E-state index >= 15 is 0 Å². The Hall–Kier alpha value is -2.58. The van der Waals surface area contributed by atoms with Crippen LogP contribution in [0.15, 0.2) is 12.3 Å². The van der Waals surface area contributed by atoms with Gasteiger partial charge in [0.1, 0.15) is 6.04 Å². The number of nitrogens with one attached hydrogen (secondary N) is 2. The molecule has 0 aliphatic carbocycles. The summed E-state index contributed by atoms with van der Waals surface area (Å²) in [5.41, 5.74) is 0.908. The maximum absolute atomic E-state index is 11.5. The zero-order chi connectivity index (χ0) is 15.1. The predicted molar refractivity (Wildman–Crippen MR) is 67.1 cm³/mol. The van der Waals surface area contributed by atoms with Crippen LogP contribution in [0.4, 0.5) is 4.79 Å². The second kappa shape index (κ2) is 7.12. The van der Waals surface area contributed by atoms with E-state index in [4.69, 9.17) is 10.2 Å². The van der Waals surface area contributed by atoms with Crippen molar-refractivity contribution in [2.75, 3.05) is 6.54 Å². The van der Waals surface area contributed by atoms with Gasteiger partial charge in [-0.15, -0.1) is 0 Å². The number of aryl methyl sites for hydroxylation is 1. The maximum Gasteiger partial charge on any atom is 0.326 e. The van der Waals surface area contributed by atoms with E-state index in [1.54, 1.807) is 24.0 Å². The summed E-state index contributed by atoms with van der Waals surface area (Å²) in [4.78, 5) is 32.7. The molecule has 20 heavy (non-hydrogen) atoms. The highest BCUT2D eigenvalue weighted by Gasteiger charge is 2.22. The van der Waals surface area contributed by atoms with Crippen LogP contribution >= 0.6 is 0 Å². The molecule has 0 bridgehead atoms. The third kappa shape index (κ3) is 4.96. The topological polar surface area (TPSA) is 134 Å². The second-order valence-corrected chi connectivity index (χ2v) is 4.09. The molecule has 9 heteroatoms. The molecule has 0 unspecified atom stereocenters. The summed E-state index contributed by atoms with van der Waals surface area (Å²) in [6.45, 7) is 0.283. The quantitative estimate of drug-likeness (QED) is 0.517. The van der Waals surface area contributed by atoms with Crippen molar-refractivity contribution in [2.24, 2.45) is 7.05 Å². The molecule has 0 fully saturated rings. The number of aromatic nitrogens is 2. The van der Waals surface area contributed by atoms with E-state index in [9.17, 15) is 14.4 Å². The highest BCUT2D eigenvalue weighted by atomic mass is 16.4. The average molecular weight is 284 g/mol. The van der Waals surface area contributed by atoms with Crippen LogP contribution in [-0.4, -0.2) is 50.5 Å². The zero-order valence-corrected chi connectivity index (χ0v) is 10.9. The Bertz CT molecular complexity index is 499. The third-order valence-electron chi connectivity index (χ3n) is 2.57. The van der Waals surface area contributed by atoms with Gasteiger partial charge < -0.3 is 20.8 Å². The summed E-state index contributed by atoms with van der Waals surface area (Å²) in [5, 5.41) is 25.8. The van der Waals surface area contributed by atoms with Gasteiger partial charge in [-0.3, -0.25) is 9.48 Å². The van der Waals surface area contributed by atoms with Gasteiger partial charge in [0.05, 0.1) is 6.42 Å². The Morgan fingerprint density at radius 3 is 2.60 bits per heavy atom. The molecule has 1 heterocycles. The lowest BCUT2D eigenvalue weighted by atomic mass is 10.2. The van der Waals surface area contributed by atoms with Crippen molar-refractivity contribution < 1.29 is 24.6 Å². The molecular formula is C11H16N4O5. The summed E-state index contributed by atoms with van der Waals surface area (Å²) in [6, 6.07) is -0.380. The largest absolute Gasteiger partial charge is 0.481 e. The Kier molecular flexibility index (Phi) is 5.51. The molecule has 0 radical (unpaired) electrons. The van der Waals surface area contributed by atoms with Crippen LogP contribution in [-0.2, 0) is 23.1 Å². The molecule has 110 valence electrons. The van der Waals surface area contributed by atoms with Crippen LogP contribution in [0.1, 0.15) is 12.1 Å². The van der Waals surface area contributed by atoms with Crippen molar-refractivity contribution in [3.05, 3.63) is 18.0 Å². The average Bonchev–Trinajstić information content (AvgIpc) is 2.73. The van der Waals surface area contributed by atoms with Gasteiger partial charge in [0.15, 0.2) is 0 Å².